The van der Waals surface area contributed by atoms with Crippen LogP contribution in [0.1, 0.15) is 36.8 Å². The van der Waals surface area contributed by atoms with Crippen LogP contribution in [0.2, 0.25) is 0 Å². The Morgan fingerprint density at radius 2 is 1.89 bits per heavy atom. The number of methoxy groups -OCH3 is 1. The third-order valence-electron chi connectivity index (χ3n) is 6.21. The zero-order valence-electron chi connectivity index (χ0n) is 16.0. The Labute approximate surface area is 161 Å². The minimum atomic E-state index is -0.209. The molecule has 1 saturated heterocycles. The molecular formula is C23H29NO3. The summed E-state index contributed by atoms with van der Waals surface area (Å²) in [4.78, 5) is 2.47. The lowest BCUT2D eigenvalue weighted by molar-refractivity contribution is -0.0879. The van der Waals surface area contributed by atoms with Gasteiger partial charge in [0.1, 0.15) is 12.4 Å². The number of aliphatic hydroxyl groups excluding tert-OH is 1. The highest BCUT2D eigenvalue weighted by molar-refractivity contribution is 5.29. The predicted octanol–water partition coefficient (Wildman–Crippen LogP) is 3.77. The summed E-state index contributed by atoms with van der Waals surface area (Å²) in [6.45, 7) is 2.46. The van der Waals surface area contributed by atoms with Crippen LogP contribution in [0, 0.1) is 0 Å². The minimum Gasteiger partial charge on any atom is -0.489 e. The fourth-order valence-corrected chi connectivity index (χ4v) is 4.67. The summed E-state index contributed by atoms with van der Waals surface area (Å²) in [6.07, 6.45) is 3.44. The third kappa shape index (κ3) is 4.03. The first kappa shape index (κ1) is 18.5. The Kier molecular flexibility index (Phi) is 5.48. The smallest absolute Gasteiger partial charge is 0.120 e. The summed E-state index contributed by atoms with van der Waals surface area (Å²) in [5.41, 5.74) is 2.33. The number of hydrogen-bond donors (Lipinski definition) is 1. The van der Waals surface area contributed by atoms with E-state index in [4.69, 9.17) is 9.47 Å². The first-order chi connectivity index (χ1) is 13.2. The first-order valence-corrected chi connectivity index (χ1v) is 9.91. The highest BCUT2D eigenvalue weighted by atomic mass is 16.5. The molecule has 2 aromatic carbocycles. The van der Waals surface area contributed by atoms with E-state index in [1.165, 1.54) is 11.1 Å². The number of aliphatic hydroxyl groups is 1. The van der Waals surface area contributed by atoms with Gasteiger partial charge in [-0.2, -0.15) is 0 Å². The molecule has 0 bridgehead atoms. The maximum absolute atomic E-state index is 10.2. The number of rotatable bonds is 6. The van der Waals surface area contributed by atoms with Crippen molar-refractivity contribution in [3.8, 4) is 5.75 Å². The van der Waals surface area contributed by atoms with Crippen molar-refractivity contribution in [3.63, 3.8) is 0 Å². The monoisotopic (exact) mass is 367 g/mol. The fraction of sp³-hybridized carbons (Fsp3) is 0.478. The molecule has 4 nitrogen and oxygen atoms in total. The van der Waals surface area contributed by atoms with Gasteiger partial charge in [0.15, 0.2) is 0 Å². The van der Waals surface area contributed by atoms with E-state index in [1.54, 1.807) is 0 Å². The quantitative estimate of drug-likeness (QED) is 0.844. The highest BCUT2D eigenvalue weighted by Gasteiger charge is 2.50. The number of benzene rings is 2. The van der Waals surface area contributed by atoms with Crippen molar-refractivity contribution in [1.29, 1.82) is 0 Å². The van der Waals surface area contributed by atoms with Crippen molar-refractivity contribution in [2.75, 3.05) is 13.7 Å². The maximum atomic E-state index is 10.2. The van der Waals surface area contributed by atoms with Crippen LogP contribution in [0.5, 0.6) is 5.75 Å². The highest BCUT2D eigenvalue weighted by Crippen LogP contribution is 2.43. The Bertz CT molecular complexity index is 750. The van der Waals surface area contributed by atoms with Gasteiger partial charge >= 0.3 is 0 Å². The average molecular weight is 367 g/mol. The van der Waals surface area contributed by atoms with Crippen LogP contribution in [0.25, 0.3) is 0 Å². The number of ether oxygens (including phenoxy) is 2. The largest absolute Gasteiger partial charge is 0.489 e. The number of nitrogens with zero attached hydrogens (tertiary/aromatic N) is 1. The number of fused-ring (bicyclic) bond motifs is 1. The van der Waals surface area contributed by atoms with Crippen molar-refractivity contribution in [3.05, 3.63) is 65.7 Å². The van der Waals surface area contributed by atoms with Crippen LogP contribution in [-0.4, -0.2) is 41.4 Å². The molecule has 144 valence electrons. The zero-order valence-corrected chi connectivity index (χ0v) is 16.0. The summed E-state index contributed by atoms with van der Waals surface area (Å²) in [7, 11) is 1.83. The lowest BCUT2D eigenvalue weighted by atomic mass is 9.79. The zero-order chi connectivity index (χ0) is 18.7. The Balaban J connectivity index is 1.42. The molecule has 0 amide bonds. The van der Waals surface area contributed by atoms with Crippen LogP contribution in [-0.2, 0) is 17.9 Å². The van der Waals surface area contributed by atoms with E-state index in [1.807, 2.05) is 31.4 Å². The molecular weight excluding hydrogens is 338 g/mol. The van der Waals surface area contributed by atoms with Gasteiger partial charge in [-0.15, -0.1) is 0 Å². The Hall–Kier alpha value is -1.88. The van der Waals surface area contributed by atoms with Crippen molar-refractivity contribution in [2.45, 2.75) is 56.6 Å². The molecule has 1 N–H and O–H groups in total. The van der Waals surface area contributed by atoms with E-state index in [0.29, 0.717) is 12.6 Å². The fourth-order valence-electron chi connectivity index (χ4n) is 4.67. The second kappa shape index (κ2) is 8.01. The van der Waals surface area contributed by atoms with E-state index >= 15 is 0 Å². The van der Waals surface area contributed by atoms with E-state index in [2.05, 4.69) is 35.2 Å². The molecule has 0 spiro atoms. The van der Waals surface area contributed by atoms with Gasteiger partial charge in [0.25, 0.3) is 0 Å². The Morgan fingerprint density at radius 1 is 1.07 bits per heavy atom. The molecule has 0 unspecified atom stereocenters. The summed E-state index contributed by atoms with van der Waals surface area (Å²) in [5, 5.41) is 10.2. The van der Waals surface area contributed by atoms with Crippen molar-refractivity contribution in [1.82, 2.24) is 4.90 Å². The standard InChI is InChI=1S/C23H29NO3/c1-26-23-11-10-20(25)15-22(23)24(13-12-23)16-19-8-5-9-21(14-19)27-17-18-6-3-2-4-7-18/h2-9,14,20,22,25H,10-13,15-17H2,1H3/t20-,22+,23-/m1/s1. The van der Waals surface area contributed by atoms with E-state index < -0.39 is 0 Å². The molecule has 2 fully saturated rings. The van der Waals surface area contributed by atoms with Gasteiger partial charge in [-0.05, 0) is 48.9 Å². The van der Waals surface area contributed by atoms with Gasteiger partial charge in [0.05, 0.1) is 11.7 Å². The SMILES string of the molecule is CO[C@@]12CC[C@@H](O)C[C@@H]1N(Cc1cccc(OCc3ccccc3)c1)CC2. The molecule has 0 aromatic heterocycles. The molecule has 3 atom stereocenters. The average Bonchev–Trinajstić information content (AvgIpc) is 3.06. The Morgan fingerprint density at radius 3 is 2.70 bits per heavy atom. The van der Waals surface area contributed by atoms with Gasteiger partial charge in [0, 0.05) is 26.2 Å². The van der Waals surface area contributed by atoms with Crippen molar-refractivity contribution < 1.29 is 14.6 Å². The molecule has 4 heteroatoms. The predicted molar refractivity (Wildman–Crippen MR) is 106 cm³/mol. The lowest BCUT2D eigenvalue weighted by Gasteiger charge is -2.42. The van der Waals surface area contributed by atoms with Gasteiger partial charge in [0.2, 0.25) is 0 Å². The summed E-state index contributed by atoms with van der Waals surface area (Å²) in [5.74, 6) is 0.900. The minimum absolute atomic E-state index is 0.0827. The normalized spacial score (nSPS) is 28.1. The van der Waals surface area contributed by atoms with Crippen molar-refractivity contribution >= 4 is 0 Å². The van der Waals surface area contributed by atoms with E-state index in [9.17, 15) is 5.11 Å². The van der Waals surface area contributed by atoms with Crippen molar-refractivity contribution in [2.24, 2.45) is 0 Å². The molecule has 27 heavy (non-hydrogen) atoms. The first-order valence-electron chi connectivity index (χ1n) is 9.91. The summed E-state index contributed by atoms with van der Waals surface area (Å²) in [6, 6.07) is 18.9. The van der Waals surface area contributed by atoms with Crippen LogP contribution in [0.15, 0.2) is 54.6 Å². The second-order valence-electron chi connectivity index (χ2n) is 7.86. The van der Waals surface area contributed by atoms with Gasteiger partial charge in [-0.3, -0.25) is 4.90 Å². The molecule has 2 aromatic rings. The molecule has 1 heterocycles. The number of hydrogen-bond acceptors (Lipinski definition) is 4. The van der Waals surface area contributed by atoms with Gasteiger partial charge in [-0.1, -0.05) is 42.5 Å². The number of likely N-dealkylation sites (tertiary alicyclic amines) is 1. The molecule has 1 aliphatic heterocycles. The molecule has 1 aliphatic carbocycles. The summed E-state index contributed by atoms with van der Waals surface area (Å²) >= 11 is 0. The topological polar surface area (TPSA) is 41.9 Å². The lowest BCUT2D eigenvalue weighted by Crippen LogP contribution is -2.51. The van der Waals surface area contributed by atoms with Crippen LogP contribution in [0.4, 0.5) is 0 Å². The second-order valence-corrected chi connectivity index (χ2v) is 7.86. The van der Waals surface area contributed by atoms with Crippen LogP contribution >= 0.6 is 0 Å². The van der Waals surface area contributed by atoms with Gasteiger partial charge < -0.3 is 14.6 Å². The van der Waals surface area contributed by atoms with Crippen LogP contribution < -0.4 is 4.74 Å². The third-order valence-corrected chi connectivity index (χ3v) is 6.21. The van der Waals surface area contributed by atoms with Gasteiger partial charge in [-0.25, -0.2) is 0 Å². The molecule has 2 aliphatic rings. The summed E-state index contributed by atoms with van der Waals surface area (Å²) < 4.78 is 11.9. The maximum Gasteiger partial charge on any atom is 0.120 e. The molecule has 1 saturated carbocycles. The van der Waals surface area contributed by atoms with E-state index in [-0.39, 0.29) is 11.7 Å². The van der Waals surface area contributed by atoms with Crippen LogP contribution in [0.3, 0.4) is 0 Å². The molecule has 4 rings (SSSR count). The van der Waals surface area contributed by atoms with E-state index in [0.717, 1.165) is 44.5 Å². The molecule has 0 radical (unpaired) electrons.